The van der Waals surface area contributed by atoms with Crippen molar-refractivity contribution in [3.63, 3.8) is 0 Å². The van der Waals surface area contributed by atoms with E-state index in [0.717, 1.165) is 32.6 Å². The fourth-order valence-electron chi connectivity index (χ4n) is 4.31. The summed E-state index contributed by atoms with van der Waals surface area (Å²) >= 11 is 0. The van der Waals surface area contributed by atoms with Gasteiger partial charge in [-0.2, -0.15) is 0 Å². The van der Waals surface area contributed by atoms with Crippen molar-refractivity contribution in [1.29, 1.82) is 0 Å². The molecule has 0 amide bonds. The van der Waals surface area contributed by atoms with Crippen LogP contribution in [0.4, 0.5) is 15.8 Å². The number of anilines is 1. The topological polar surface area (TPSA) is 58.9 Å². The van der Waals surface area contributed by atoms with Crippen molar-refractivity contribution in [3.8, 4) is 0 Å². The van der Waals surface area contributed by atoms with Gasteiger partial charge in [0.25, 0.3) is 5.69 Å². The first-order chi connectivity index (χ1) is 11.6. The van der Waals surface area contributed by atoms with Crippen molar-refractivity contribution in [2.45, 2.75) is 31.3 Å². The number of hydrogen-bond donors (Lipinski definition) is 0. The van der Waals surface area contributed by atoms with Gasteiger partial charge in [-0.05, 0) is 31.2 Å². The summed E-state index contributed by atoms with van der Waals surface area (Å²) in [6, 6.07) is 5.24. The maximum atomic E-state index is 14.2. The van der Waals surface area contributed by atoms with Gasteiger partial charge in [0.15, 0.2) is 11.5 Å². The molecule has 130 valence electrons. The number of morpholine rings is 1. The minimum Gasteiger partial charge on any atom is -0.378 e. The molecule has 1 aromatic carbocycles. The van der Waals surface area contributed by atoms with Crippen LogP contribution < -0.4 is 4.90 Å². The Bertz CT molecular complexity index is 620. The molecule has 3 saturated heterocycles. The third-order valence-electron chi connectivity index (χ3n) is 5.66. The van der Waals surface area contributed by atoms with Crippen LogP contribution in [0.3, 0.4) is 0 Å². The van der Waals surface area contributed by atoms with E-state index in [9.17, 15) is 14.5 Å². The maximum Gasteiger partial charge on any atom is 0.295 e. The molecule has 4 rings (SSSR count). The lowest BCUT2D eigenvalue weighted by Crippen LogP contribution is -2.64. The van der Waals surface area contributed by atoms with E-state index in [4.69, 9.17) is 4.74 Å². The Labute approximate surface area is 140 Å². The molecule has 3 heterocycles. The summed E-state index contributed by atoms with van der Waals surface area (Å²) in [6.45, 7) is 4.11. The van der Waals surface area contributed by atoms with Crippen molar-refractivity contribution in [3.05, 3.63) is 34.1 Å². The van der Waals surface area contributed by atoms with E-state index in [1.165, 1.54) is 24.6 Å². The Morgan fingerprint density at radius 3 is 2.58 bits per heavy atom. The first-order valence-electron chi connectivity index (χ1n) is 8.65. The summed E-state index contributed by atoms with van der Waals surface area (Å²) in [5.41, 5.74) is 0.0121. The number of nitrogens with zero attached hydrogens (tertiary/aromatic N) is 3. The predicted octanol–water partition coefficient (Wildman–Crippen LogP) is 2.42. The fraction of sp³-hybridized carbons (Fsp3) is 0.647. The third-order valence-corrected chi connectivity index (χ3v) is 5.66. The lowest BCUT2D eigenvalue weighted by Gasteiger charge is -2.54. The Hall–Kier alpha value is -1.73. The Morgan fingerprint density at radius 2 is 1.96 bits per heavy atom. The Morgan fingerprint density at radius 1 is 1.25 bits per heavy atom. The van der Waals surface area contributed by atoms with Gasteiger partial charge in [0.05, 0.1) is 18.1 Å². The average molecular weight is 335 g/mol. The van der Waals surface area contributed by atoms with Gasteiger partial charge in [0.1, 0.15) is 0 Å². The van der Waals surface area contributed by atoms with Gasteiger partial charge in [0, 0.05) is 37.8 Å². The first-order valence-corrected chi connectivity index (χ1v) is 8.65. The number of ether oxygens (including phenoxy) is 1. The van der Waals surface area contributed by atoms with Crippen LogP contribution in [0.2, 0.25) is 0 Å². The van der Waals surface area contributed by atoms with E-state index in [0.29, 0.717) is 31.1 Å². The monoisotopic (exact) mass is 335 g/mol. The first kappa shape index (κ1) is 15.8. The number of halogens is 1. The van der Waals surface area contributed by atoms with Crippen LogP contribution >= 0.6 is 0 Å². The molecular formula is C17H22FN3O3. The van der Waals surface area contributed by atoms with Crippen LogP contribution in [0.25, 0.3) is 0 Å². The quantitative estimate of drug-likeness (QED) is 0.625. The normalized spacial score (nSPS) is 27.8. The van der Waals surface area contributed by atoms with Crippen LogP contribution in [0, 0.1) is 21.8 Å². The van der Waals surface area contributed by atoms with Gasteiger partial charge in [-0.3, -0.25) is 15.0 Å². The number of benzene rings is 1. The number of nitro groups is 1. The molecular weight excluding hydrogens is 313 g/mol. The van der Waals surface area contributed by atoms with E-state index >= 15 is 0 Å². The molecule has 0 aromatic heterocycles. The number of rotatable bonds is 4. The molecule has 2 atom stereocenters. The highest BCUT2D eigenvalue weighted by atomic mass is 19.1. The van der Waals surface area contributed by atoms with Gasteiger partial charge in [-0.25, -0.2) is 4.39 Å². The van der Waals surface area contributed by atoms with Gasteiger partial charge >= 0.3 is 0 Å². The Balaban J connectivity index is 1.39. The van der Waals surface area contributed by atoms with Crippen molar-refractivity contribution in [1.82, 2.24) is 4.90 Å². The van der Waals surface area contributed by atoms with Crippen LogP contribution in [-0.2, 0) is 4.74 Å². The van der Waals surface area contributed by atoms with Crippen molar-refractivity contribution < 1.29 is 14.1 Å². The molecule has 2 bridgehead atoms. The van der Waals surface area contributed by atoms with E-state index in [1.807, 2.05) is 4.90 Å². The summed E-state index contributed by atoms with van der Waals surface area (Å²) in [5, 5.41) is 11.2. The molecule has 3 aliphatic rings. The number of para-hydroxylation sites is 1. The highest BCUT2D eigenvalue weighted by Gasteiger charge is 2.43. The van der Waals surface area contributed by atoms with Gasteiger partial charge in [-0.15, -0.1) is 0 Å². The van der Waals surface area contributed by atoms with Crippen LogP contribution in [-0.4, -0.2) is 54.8 Å². The molecule has 3 aliphatic heterocycles. The predicted molar refractivity (Wildman–Crippen MR) is 87.7 cm³/mol. The van der Waals surface area contributed by atoms with Crippen LogP contribution in [0.5, 0.6) is 0 Å². The summed E-state index contributed by atoms with van der Waals surface area (Å²) < 4.78 is 19.7. The molecule has 0 spiro atoms. The molecule has 0 radical (unpaired) electrons. The smallest absolute Gasteiger partial charge is 0.295 e. The molecule has 1 aromatic rings. The second kappa shape index (κ2) is 6.29. The SMILES string of the molecule is O=[N+]([O-])c1cccc(F)c1N1CCC(CN2C3COCC2C3)CC1. The minimum absolute atomic E-state index is 0.136. The lowest BCUT2D eigenvalue weighted by atomic mass is 9.87. The van der Waals surface area contributed by atoms with E-state index in [2.05, 4.69) is 4.90 Å². The number of hydrogen-bond acceptors (Lipinski definition) is 5. The van der Waals surface area contributed by atoms with E-state index in [1.54, 1.807) is 0 Å². The van der Waals surface area contributed by atoms with Gasteiger partial charge < -0.3 is 9.64 Å². The van der Waals surface area contributed by atoms with Gasteiger partial charge in [-0.1, -0.05) is 6.07 Å². The summed E-state index contributed by atoms with van der Waals surface area (Å²) in [5.74, 6) is 0.0764. The maximum absolute atomic E-state index is 14.2. The second-order valence-corrected chi connectivity index (χ2v) is 7.07. The summed E-state index contributed by atoms with van der Waals surface area (Å²) in [7, 11) is 0. The fourth-order valence-corrected chi connectivity index (χ4v) is 4.31. The van der Waals surface area contributed by atoms with Crippen LogP contribution in [0.15, 0.2) is 18.2 Å². The molecule has 2 unspecified atom stereocenters. The minimum atomic E-state index is -0.503. The molecule has 24 heavy (non-hydrogen) atoms. The zero-order valence-electron chi connectivity index (χ0n) is 13.6. The standard InChI is InChI=1S/C17H22FN3O3/c18-15-2-1-3-16(21(22)23)17(15)19-6-4-12(5-7-19)9-20-13-8-14(20)11-24-10-13/h1-3,12-14H,4-11H2. The van der Waals surface area contributed by atoms with Crippen molar-refractivity contribution in [2.75, 3.05) is 37.7 Å². The van der Waals surface area contributed by atoms with E-state index < -0.39 is 10.7 Å². The summed E-state index contributed by atoms with van der Waals surface area (Å²) in [6.07, 6.45) is 3.14. The molecule has 3 fully saturated rings. The molecule has 0 aliphatic carbocycles. The zero-order chi connectivity index (χ0) is 16.7. The zero-order valence-corrected chi connectivity index (χ0v) is 13.6. The van der Waals surface area contributed by atoms with E-state index in [-0.39, 0.29) is 11.4 Å². The largest absolute Gasteiger partial charge is 0.378 e. The second-order valence-electron chi connectivity index (χ2n) is 7.07. The van der Waals surface area contributed by atoms with Gasteiger partial charge in [0.2, 0.25) is 0 Å². The third kappa shape index (κ3) is 2.75. The molecule has 0 N–H and O–H groups in total. The summed E-state index contributed by atoms with van der Waals surface area (Å²) in [4.78, 5) is 15.1. The van der Waals surface area contributed by atoms with Crippen molar-refractivity contribution in [2.24, 2.45) is 5.92 Å². The molecule has 0 saturated carbocycles. The number of fused-ring (bicyclic) bond motifs is 2. The number of nitro benzene ring substituents is 1. The van der Waals surface area contributed by atoms with Crippen molar-refractivity contribution >= 4 is 11.4 Å². The average Bonchev–Trinajstić information content (AvgIpc) is 2.60. The Kier molecular flexibility index (Phi) is 4.14. The highest BCUT2D eigenvalue weighted by molar-refractivity contribution is 5.64. The lowest BCUT2D eigenvalue weighted by molar-refractivity contribution is -0.384. The number of piperidine rings is 1. The van der Waals surface area contributed by atoms with Crippen LogP contribution in [0.1, 0.15) is 19.3 Å². The molecule has 6 nitrogen and oxygen atoms in total. The highest BCUT2D eigenvalue weighted by Crippen LogP contribution is 2.36. The molecule has 7 heteroatoms.